The van der Waals surface area contributed by atoms with Crippen molar-refractivity contribution in [1.82, 2.24) is 0 Å². The van der Waals surface area contributed by atoms with E-state index in [9.17, 15) is 10.1 Å². The van der Waals surface area contributed by atoms with Crippen molar-refractivity contribution in [1.29, 1.82) is 0 Å². The van der Waals surface area contributed by atoms with Crippen molar-refractivity contribution in [2.24, 2.45) is 5.92 Å². The first-order valence-electron chi connectivity index (χ1n) is 4.85. The number of alkyl halides is 2. The molecule has 1 aliphatic carbocycles. The lowest BCUT2D eigenvalue weighted by Gasteiger charge is -2.07. The van der Waals surface area contributed by atoms with Gasteiger partial charge < -0.3 is 4.74 Å². The van der Waals surface area contributed by atoms with Crippen molar-refractivity contribution < 1.29 is 9.66 Å². The van der Waals surface area contributed by atoms with Gasteiger partial charge in [0.05, 0.1) is 16.6 Å². The summed E-state index contributed by atoms with van der Waals surface area (Å²) >= 11 is 17.5. The second-order valence-electron chi connectivity index (χ2n) is 3.84. The molecule has 1 aromatic carbocycles. The first-order chi connectivity index (χ1) is 7.90. The molecule has 1 unspecified atom stereocenters. The molecule has 1 aliphatic rings. The van der Waals surface area contributed by atoms with Gasteiger partial charge in [0.25, 0.3) is 5.69 Å². The van der Waals surface area contributed by atoms with Crippen LogP contribution in [0.15, 0.2) is 18.2 Å². The van der Waals surface area contributed by atoms with Crippen LogP contribution in [0.3, 0.4) is 0 Å². The predicted molar refractivity (Wildman–Crippen MR) is 66.1 cm³/mol. The molecule has 7 heteroatoms. The van der Waals surface area contributed by atoms with Crippen LogP contribution in [0.4, 0.5) is 5.69 Å². The third-order valence-electron chi connectivity index (χ3n) is 2.52. The minimum absolute atomic E-state index is 0.0715. The second-order valence-corrected chi connectivity index (χ2v) is 5.79. The average Bonchev–Trinajstić information content (AvgIpc) is 2.84. The van der Waals surface area contributed by atoms with Crippen LogP contribution in [0.5, 0.6) is 5.75 Å². The van der Waals surface area contributed by atoms with Gasteiger partial charge in [-0.05, 0) is 12.5 Å². The lowest BCUT2D eigenvalue weighted by Crippen LogP contribution is -2.04. The number of hydrogen-bond acceptors (Lipinski definition) is 3. The van der Waals surface area contributed by atoms with E-state index in [-0.39, 0.29) is 16.6 Å². The molecule has 17 heavy (non-hydrogen) atoms. The molecule has 0 bridgehead atoms. The number of halogens is 3. The molecule has 0 spiro atoms. The molecule has 0 heterocycles. The molecule has 0 aromatic heterocycles. The quantitative estimate of drug-likeness (QED) is 0.482. The number of hydrogen-bond donors (Lipinski definition) is 0. The van der Waals surface area contributed by atoms with Crippen LogP contribution in [0, 0.1) is 16.0 Å². The molecule has 1 atom stereocenters. The van der Waals surface area contributed by atoms with Gasteiger partial charge in [-0.2, -0.15) is 0 Å². The summed E-state index contributed by atoms with van der Waals surface area (Å²) in [6.45, 7) is 0.352. The van der Waals surface area contributed by atoms with Gasteiger partial charge in [-0.25, -0.2) is 0 Å². The Morgan fingerprint density at radius 2 is 2.18 bits per heavy atom. The fourth-order valence-corrected chi connectivity index (χ4v) is 2.09. The fourth-order valence-electron chi connectivity index (χ4n) is 1.36. The normalized spacial score (nSPS) is 21.0. The summed E-state index contributed by atoms with van der Waals surface area (Å²) in [5.41, 5.74) is -0.0715. The Kier molecular flexibility index (Phi) is 3.39. The maximum Gasteiger partial charge on any atom is 0.271 e. The molecular formula is C10H8Cl3NO3. The minimum atomic E-state index is -0.701. The second kappa shape index (κ2) is 4.52. The van der Waals surface area contributed by atoms with Crippen LogP contribution in [-0.4, -0.2) is 15.9 Å². The van der Waals surface area contributed by atoms with E-state index in [0.717, 1.165) is 0 Å². The van der Waals surface area contributed by atoms with Crippen LogP contribution in [0.1, 0.15) is 6.42 Å². The van der Waals surface area contributed by atoms with E-state index < -0.39 is 9.26 Å². The first-order valence-corrected chi connectivity index (χ1v) is 5.98. The van der Waals surface area contributed by atoms with Gasteiger partial charge in [-0.3, -0.25) is 10.1 Å². The highest BCUT2D eigenvalue weighted by molar-refractivity contribution is 6.50. The molecule has 0 aliphatic heterocycles. The Morgan fingerprint density at radius 1 is 1.53 bits per heavy atom. The zero-order chi connectivity index (χ0) is 12.6. The highest BCUT2D eigenvalue weighted by Gasteiger charge is 2.52. The van der Waals surface area contributed by atoms with Gasteiger partial charge in [0.15, 0.2) is 0 Å². The SMILES string of the molecule is O=[N+]([O-])c1ccc(OCC2CC2(Cl)Cl)c(Cl)c1. The molecule has 0 radical (unpaired) electrons. The van der Waals surface area contributed by atoms with Crippen molar-refractivity contribution in [2.45, 2.75) is 10.8 Å². The lowest BCUT2D eigenvalue weighted by molar-refractivity contribution is -0.384. The number of nitrogens with zero attached hydrogens (tertiary/aromatic N) is 1. The van der Waals surface area contributed by atoms with E-state index in [1.54, 1.807) is 0 Å². The van der Waals surface area contributed by atoms with Crippen LogP contribution in [-0.2, 0) is 0 Å². The van der Waals surface area contributed by atoms with Gasteiger partial charge in [0.1, 0.15) is 10.1 Å². The summed E-state index contributed by atoms with van der Waals surface area (Å²) in [5.74, 6) is 0.477. The number of ether oxygens (including phenoxy) is 1. The Morgan fingerprint density at radius 3 is 2.65 bits per heavy atom. The van der Waals surface area contributed by atoms with Gasteiger partial charge >= 0.3 is 0 Å². The molecular weight excluding hydrogens is 288 g/mol. The minimum Gasteiger partial charge on any atom is -0.492 e. The van der Waals surface area contributed by atoms with E-state index in [0.29, 0.717) is 18.8 Å². The van der Waals surface area contributed by atoms with Gasteiger partial charge in [-0.1, -0.05) is 11.6 Å². The van der Waals surface area contributed by atoms with Crippen molar-refractivity contribution in [2.75, 3.05) is 6.61 Å². The number of rotatable bonds is 4. The van der Waals surface area contributed by atoms with Crippen LogP contribution >= 0.6 is 34.8 Å². The predicted octanol–water partition coefficient (Wildman–Crippen LogP) is 3.82. The Labute approximate surface area is 113 Å². The van der Waals surface area contributed by atoms with Crippen molar-refractivity contribution in [3.05, 3.63) is 33.3 Å². The van der Waals surface area contributed by atoms with Crippen molar-refractivity contribution in [3.63, 3.8) is 0 Å². The van der Waals surface area contributed by atoms with Crippen LogP contribution < -0.4 is 4.74 Å². The van der Waals surface area contributed by atoms with Crippen LogP contribution in [0.2, 0.25) is 5.02 Å². The Balaban J connectivity index is 2.00. The zero-order valence-corrected chi connectivity index (χ0v) is 10.8. The highest BCUT2D eigenvalue weighted by Crippen LogP contribution is 2.53. The molecule has 0 N–H and O–H groups in total. The number of non-ortho nitro benzene ring substituents is 1. The standard InChI is InChI=1S/C10H8Cl3NO3/c11-8-3-7(14(15)16)1-2-9(8)17-5-6-4-10(6,12)13/h1-3,6H,4-5H2. The van der Waals surface area contributed by atoms with E-state index in [1.165, 1.54) is 18.2 Å². The van der Waals surface area contributed by atoms with Crippen molar-refractivity contribution >= 4 is 40.5 Å². The Bertz CT molecular complexity index is 464. The number of benzene rings is 1. The molecule has 1 fully saturated rings. The molecule has 2 rings (SSSR count). The number of nitro groups is 1. The van der Waals surface area contributed by atoms with E-state index >= 15 is 0 Å². The highest BCUT2D eigenvalue weighted by atomic mass is 35.5. The summed E-state index contributed by atoms with van der Waals surface area (Å²) in [6.07, 6.45) is 0.681. The monoisotopic (exact) mass is 295 g/mol. The molecule has 1 saturated carbocycles. The van der Waals surface area contributed by atoms with Gasteiger partial charge in [0, 0.05) is 18.1 Å². The first kappa shape index (κ1) is 12.7. The topological polar surface area (TPSA) is 52.4 Å². The van der Waals surface area contributed by atoms with E-state index in [1.807, 2.05) is 0 Å². The smallest absolute Gasteiger partial charge is 0.271 e. The third kappa shape index (κ3) is 2.94. The van der Waals surface area contributed by atoms with Gasteiger partial charge in [0.2, 0.25) is 0 Å². The lowest BCUT2D eigenvalue weighted by atomic mass is 10.3. The summed E-state index contributed by atoms with van der Waals surface area (Å²) in [5, 5.41) is 10.7. The molecule has 0 amide bonds. The third-order valence-corrected chi connectivity index (χ3v) is 3.74. The summed E-state index contributed by atoms with van der Waals surface area (Å²) < 4.78 is 4.71. The maximum absolute atomic E-state index is 10.5. The fraction of sp³-hybridized carbons (Fsp3) is 0.400. The summed E-state index contributed by atoms with van der Waals surface area (Å²) in [4.78, 5) is 9.98. The summed E-state index contributed by atoms with van der Waals surface area (Å²) in [7, 11) is 0. The molecule has 4 nitrogen and oxygen atoms in total. The van der Waals surface area contributed by atoms with Gasteiger partial charge in [-0.15, -0.1) is 23.2 Å². The molecule has 0 saturated heterocycles. The molecule has 1 aromatic rings. The van der Waals surface area contributed by atoms with E-state index in [2.05, 4.69) is 0 Å². The average molecular weight is 297 g/mol. The zero-order valence-electron chi connectivity index (χ0n) is 8.53. The summed E-state index contributed by atoms with van der Waals surface area (Å²) in [6, 6.07) is 4.05. The Hall–Kier alpha value is -0.710. The largest absolute Gasteiger partial charge is 0.492 e. The number of nitro benzene ring substituents is 1. The van der Waals surface area contributed by atoms with E-state index in [4.69, 9.17) is 39.5 Å². The molecule has 92 valence electrons. The van der Waals surface area contributed by atoms with Crippen molar-refractivity contribution in [3.8, 4) is 5.75 Å². The van der Waals surface area contributed by atoms with Crippen LogP contribution in [0.25, 0.3) is 0 Å². The maximum atomic E-state index is 10.5.